The summed E-state index contributed by atoms with van der Waals surface area (Å²) < 4.78 is 16.5. The Hall–Kier alpha value is -3.13. The summed E-state index contributed by atoms with van der Waals surface area (Å²) in [4.78, 5) is 29.9. The van der Waals surface area contributed by atoms with Crippen molar-refractivity contribution in [3.63, 3.8) is 0 Å². The normalized spacial score (nSPS) is 22.5. The van der Waals surface area contributed by atoms with Gasteiger partial charge in [0.05, 0.1) is 44.0 Å². The second kappa shape index (κ2) is 7.18. The average Bonchev–Trinajstić information content (AvgIpc) is 3.27. The summed E-state index contributed by atoms with van der Waals surface area (Å²) in [5.41, 5.74) is 3.61. The second-order valence-corrected chi connectivity index (χ2v) is 10.1. The van der Waals surface area contributed by atoms with E-state index in [0.29, 0.717) is 22.9 Å². The number of ether oxygens (including phenoxy) is 3. The average molecular weight is 467 g/mol. The van der Waals surface area contributed by atoms with E-state index in [1.165, 1.54) is 11.8 Å². The summed E-state index contributed by atoms with van der Waals surface area (Å²) in [7, 11) is 4.73. The molecule has 5 rings (SSSR count). The van der Waals surface area contributed by atoms with E-state index in [-0.39, 0.29) is 17.6 Å². The van der Waals surface area contributed by atoms with E-state index in [9.17, 15) is 9.59 Å². The van der Waals surface area contributed by atoms with Crippen LogP contribution in [-0.4, -0.2) is 44.4 Å². The number of thioether (sulfide) groups is 1. The number of hydrogen-bond acceptors (Lipinski definition) is 6. The van der Waals surface area contributed by atoms with Gasteiger partial charge in [0.1, 0.15) is 17.2 Å². The van der Waals surface area contributed by atoms with Crippen molar-refractivity contribution < 1.29 is 23.8 Å². The lowest BCUT2D eigenvalue weighted by Crippen LogP contribution is -2.54. The van der Waals surface area contributed by atoms with E-state index >= 15 is 0 Å². The molecule has 0 bridgehead atoms. The Balaban J connectivity index is 1.82. The predicted octanol–water partition coefficient (Wildman–Crippen LogP) is 4.19. The van der Waals surface area contributed by atoms with Gasteiger partial charge in [-0.25, -0.2) is 0 Å². The van der Waals surface area contributed by atoms with Gasteiger partial charge < -0.3 is 14.2 Å². The van der Waals surface area contributed by atoms with Crippen molar-refractivity contribution in [3.8, 4) is 17.2 Å². The molecule has 1 saturated heterocycles. The fourth-order valence-corrected chi connectivity index (χ4v) is 6.51. The van der Waals surface area contributed by atoms with Gasteiger partial charge in [-0.2, -0.15) is 0 Å². The molecule has 1 unspecified atom stereocenters. The van der Waals surface area contributed by atoms with Crippen LogP contribution in [0.2, 0.25) is 0 Å². The zero-order valence-electron chi connectivity index (χ0n) is 19.5. The molecule has 1 spiro atoms. The smallest absolute Gasteiger partial charge is 0.269 e. The Morgan fingerprint density at radius 2 is 1.48 bits per heavy atom. The number of allylic oxidation sites excluding steroid dienone is 1. The number of carbonyl (C=O) groups excluding carboxylic acids is 2. The number of rotatable bonds is 4. The quantitative estimate of drug-likeness (QED) is 0.673. The molecule has 0 N–H and O–H groups in total. The van der Waals surface area contributed by atoms with E-state index < -0.39 is 10.4 Å². The molecule has 1 atom stereocenters. The summed E-state index contributed by atoms with van der Waals surface area (Å²) in [6, 6.07) is 9.12. The minimum Gasteiger partial charge on any atom is -0.497 e. The van der Waals surface area contributed by atoms with Crippen LogP contribution in [0.1, 0.15) is 31.9 Å². The second-order valence-electron chi connectivity index (χ2n) is 8.93. The molecular formula is C25H26N2O5S. The summed E-state index contributed by atoms with van der Waals surface area (Å²) >= 11 is 1.34. The van der Waals surface area contributed by atoms with Gasteiger partial charge in [0.2, 0.25) is 10.8 Å². The molecule has 0 aromatic heterocycles. The third-order valence-corrected chi connectivity index (χ3v) is 7.92. The lowest BCUT2D eigenvalue weighted by molar-refractivity contribution is -0.124. The van der Waals surface area contributed by atoms with Crippen LogP contribution in [0.5, 0.6) is 17.2 Å². The number of hydrogen-bond donors (Lipinski definition) is 0. The number of amides is 2. The topological polar surface area (TPSA) is 68.3 Å². The molecule has 3 aliphatic heterocycles. The maximum atomic E-state index is 14.3. The van der Waals surface area contributed by atoms with Gasteiger partial charge in [-0.3, -0.25) is 19.4 Å². The van der Waals surface area contributed by atoms with Gasteiger partial charge in [0, 0.05) is 29.3 Å². The van der Waals surface area contributed by atoms with Crippen LogP contribution >= 0.6 is 11.8 Å². The molecule has 3 heterocycles. The molecule has 0 aliphatic carbocycles. The summed E-state index contributed by atoms with van der Waals surface area (Å²) in [6.45, 7) is 6.08. The van der Waals surface area contributed by atoms with Crippen LogP contribution < -0.4 is 24.0 Å². The Labute approximate surface area is 197 Å². The SMILES string of the molecule is COc1cc(OC)cc(N2C(=O)CSC23C(=O)N2c4c(cc(OC)cc43)C(C)=CC2(C)C)c1. The van der Waals surface area contributed by atoms with Crippen molar-refractivity contribution in [3.05, 3.63) is 47.5 Å². The van der Waals surface area contributed by atoms with Crippen molar-refractivity contribution in [2.45, 2.75) is 31.2 Å². The van der Waals surface area contributed by atoms with Crippen LogP contribution in [0.3, 0.4) is 0 Å². The highest BCUT2D eigenvalue weighted by atomic mass is 32.2. The van der Waals surface area contributed by atoms with E-state index in [0.717, 1.165) is 22.4 Å². The first-order valence-electron chi connectivity index (χ1n) is 10.6. The molecule has 8 heteroatoms. The molecule has 2 amide bonds. The molecule has 0 saturated carbocycles. The maximum Gasteiger partial charge on any atom is 0.269 e. The Kier molecular flexibility index (Phi) is 4.72. The van der Waals surface area contributed by atoms with Gasteiger partial charge in [0.15, 0.2) is 0 Å². The first-order chi connectivity index (χ1) is 15.7. The van der Waals surface area contributed by atoms with Crippen molar-refractivity contribution in [2.24, 2.45) is 0 Å². The zero-order chi connectivity index (χ0) is 23.7. The molecular weight excluding hydrogens is 440 g/mol. The van der Waals surface area contributed by atoms with Crippen LogP contribution in [0.25, 0.3) is 5.57 Å². The van der Waals surface area contributed by atoms with Gasteiger partial charge in [-0.1, -0.05) is 6.08 Å². The molecule has 2 aromatic carbocycles. The number of anilines is 2. The Morgan fingerprint density at radius 1 is 0.879 bits per heavy atom. The molecule has 1 fully saturated rings. The van der Waals surface area contributed by atoms with Crippen LogP contribution in [-0.2, 0) is 14.5 Å². The number of benzene rings is 2. The van der Waals surface area contributed by atoms with Gasteiger partial charge in [0.25, 0.3) is 5.91 Å². The standard InChI is InChI=1S/C25H26N2O5S/c1-14-12-24(2,3)27-22-19(14)10-18(32-6)11-20(22)25(23(27)29)26(21(28)13-33-25)15-7-16(30-4)9-17(8-15)31-5/h7-12H,13H2,1-6H3. The van der Waals surface area contributed by atoms with Crippen LogP contribution in [0.15, 0.2) is 36.4 Å². The van der Waals surface area contributed by atoms with E-state index in [1.807, 2.05) is 37.8 Å². The third kappa shape index (κ3) is 2.83. The summed E-state index contributed by atoms with van der Waals surface area (Å²) in [5, 5.41) is 0. The van der Waals surface area contributed by atoms with Crippen molar-refractivity contribution in [1.82, 2.24) is 0 Å². The van der Waals surface area contributed by atoms with Gasteiger partial charge >= 0.3 is 0 Å². The summed E-state index contributed by atoms with van der Waals surface area (Å²) in [5.74, 6) is 1.62. The van der Waals surface area contributed by atoms with Crippen molar-refractivity contribution in [1.29, 1.82) is 0 Å². The van der Waals surface area contributed by atoms with E-state index in [2.05, 4.69) is 6.08 Å². The lowest BCUT2D eigenvalue weighted by atomic mass is 9.89. The molecule has 172 valence electrons. The van der Waals surface area contributed by atoms with Crippen LogP contribution in [0.4, 0.5) is 11.4 Å². The lowest BCUT2D eigenvalue weighted by Gasteiger charge is -2.40. The first-order valence-corrected chi connectivity index (χ1v) is 11.6. The maximum absolute atomic E-state index is 14.3. The minimum absolute atomic E-state index is 0.140. The molecule has 33 heavy (non-hydrogen) atoms. The monoisotopic (exact) mass is 466 g/mol. The molecule has 3 aliphatic rings. The number of methoxy groups -OCH3 is 3. The van der Waals surface area contributed by atoms with Crippen LogP contribution in [0, 0.1) is 0 Å². The molecule has 0 radical (unpaired) electrons. The Bertz CT molecular complexity index is 1220. The highest BCUT2D eigenvalue weighted by Crippen LogP contribution is 2.61. The zero-order valence-corrected chi connectivity index (χ0v) is 20.3. The fraction of sp³-hybridized carbons (Fsp3) is 0.360. The number of fused-ring (bicyclic) bond motifs is 1. The summed E-state index contributed by atoms with van der Waals surface area (Å²) in [6.07, 6.45) is 2.09. The fourth-order valence-electron chi connectivity index (χ4n) is 5.19. The number of nitrogens with zero attached hydrogens (tertiary/aromatic N) is 2. The number of carbonyl (C=O) groups is 2. The van der Waals surface area contributed by atoms with Gasteiger partial charge in [-0.05, 0) is 38.5 Å². The Morgan fingerprint density at radius 3 is 2.09 bits per heavy atom. The van der Waals surface area contributed by atoms with Crippen molar-refractivity contribution in [2.75, 3.05) is 36.9 Å². The largest absolute Gasteiger partial charge is 0.497 e. The minimum atomic E-state index is -1.25. The predicted molar refractivity (Wildman–Crippen MR) is 129 cm³/mol. The highest BCUT2D eigenvalue weighted by molar-refractivity contribution is 8.02. The molecule has 2 aromatic rings. The first kappa shape index (κ1) is 21.7. The van der Waals surface area contributed by atoms with Gasteiger partial charge in [-0.15, -0.1) is 11.8 Å². The van der Waals surface area contributed by atoms with E-state index in [4.69, 9.17) is 14.2 Å². The third-order valence-electron chi connectivity index (χ3n) is 6.53. The van der Waals surface area contributed by atoms with E-state index in [1.54, 1.807) is 44.4 Å². The molecule has 7 nitrogen and oxygen atoms in total. The van der Waals surface area contributed by atoms with Crippen molar-refractivity contribution >= 4 is 40.5 Å². The highest BCUT2D eigenvalue weighted by Gasteiger charge is 2.64.